The zero-order chi connectivity index (χ0) is 18.0. The molecule has 128 valence electrons. The Morgan fingerprint density at radius 3 is 2.44 bits per heavy atom. The minimum atomic E-state index is -0.198. The van der Waals surface area contributed by atoms with Crippen LogP contribution in [0.25, 0.3) is 11.5 Å². The summed E-state index contributed by atoms with van der Waals surface area (Å²) in [6.07, 6.45) is 0. The van der Waals surface area contributed by atoms with E-state index in [-0.39, 0.29) is 11.9 Å². The van der Waals surface area contributed by atoms with Crippen LogP contribution in [-0.4, -0.2) is 22.8 Å². The number of nitrogens with zero attached hydrogens (tertiary/aromatic N) is 2. The smallest absolute Gasteiger partial charge is 0.276 e. The van der Waals surface area contributed by atoms with E-state index in [0.717, 1.165) is 11.1 Å². The molecule has 1 heterocycles. The second-order valence-corrected chi connectivity index (χ2v) is 6.31. The first kappa shape index (κ1) is 17.2. The zero-order valence-electron chi connectivity index (χ0n) is 14.4. The lowest BCUT2D eigenvalue weighted by atomic mass is 10.1. The van der Waals surface area contributed by atoms with Gasteiger partial charge < -0.3 is 9.32 Å². The number of amides is 1. The van der Waals surface area contributed by atoms with Crippen LogP contribution in [0.15, 0.2) is 59.0 Å². The number of oxazole rings is 1. The fourth-order valence-corrected chi connectivity index (χ4v) is 2.96. The highest BCUT2D eigenvalue weighted by atomic mass is 35.5. The first-order valence-electron chi connectivity index (χ1n) is 8.03. The molecular formula is C20H19ClN2O2. The van der Waals surface area contributed by atoms with E-state index in [9.17, 15) is 4.79 Å². The van der Waals surface area contributed by atoms with Crippen LogP contribution in [0.5, 0.6) is 0 Å². The second-order valence-electron chi connectivity index (χ2n) is 5.90. The Hall–Kier alpha value is -2.59. The molecular weight excluding hydrogens is 336 g/mol. The van der Waals surface area contributed by atoms with E-state index in [1.165, 1.54) is 0 Å². The zero-order valence-corrected chi connectivity index (χ0v) is 15.1. The van der Waals surface area contributed by atoms with Crippen molar-refractivity contribution >= 4 is 17.5 Å². The molecule has 0 bridgehead atoms. The van der Waals surface area contributed by atoms with Crippen molar-refractivity contribution in [2.75, 3.05) is 7.05 Å². The van der Waals surface area contributed by atoms with Crippen molar-refractivity contribution in [2.24, 2.45) is 0 Å². The maximum Gasteiger partial charge on any atom is 0.276 e. The highest BCUT2D eigenvalue weighted by Crippen LogP contribution is 2.28. The molecule has 4 nitrogen and oxygen atoms in total. The molecule has 0 saturated carbocycles. The maximum atomic E-state index is 12.9. The molecule has 0 N–H and O–H groups in total. The molecule has 5 heteroatoms. The van der Waals surface area contributed by atoms with Crippen molar-refractivity contribution < 1.29 is 9.21 Å². The van der Waals surface area contributed by atoms with Gasteiger partial charge in [-0.05, 0) is 37.6 Å². The summed E-state index contributed by atoms with van der Waals surface area (Å²) >= 11 is 6.26. The first-order valence-corrected chi connectivity index (χ1v) is 8.41. The highest BCUT2D eigenvalue weighted by molar-refractivity contribution is 6.31. The fraction of sp³-hybridized carbons (Fsp3) is 0.200. The van der Waals surface area contributed by atoms with E-state index in [2.05, 4.69) is 4.98 Å². The van der Waals surface area contributed by atoms with Crippen LogP contribution in [0, 0.1) is 6.92 Å². The average molecular weight is 355 g/mol. The number of aromatic nitrogens is 1. The normalized spacial score (nSPS) is 12.0. The molecule has 1 aromatic heterocycles. The van der Waals surface area contributed by atoms with E-state index < -0.39 is 0 Å². The van der Waals surface area contributed by atoms with Gasteiger partial charge in [-0.1, -0.05) is 48.0 Å². The molecule has 0 aliphatic carbocycles. The number of hydrogen-bond acceptors (Lipinski definition) is 3. The third kappa shape index (κ3) is 3.44. The van der Waals surface area contributed by atoms with Gasteiger partial charge in [0.2, 0.25) is 5.89 Å². The summed E-state index contributed by atoms with van der Waals surface area (Å²) in [6.45, 7) is 3.69. The van der Waals surface area contributed by atoms with Gasteiger partial charge in [-0.2, -0.15) is 0 Å². The quantitative estimate of drug-likeness (QED) is 0.652. The predicted molar refractivity (Wildman–Crippen MR) is 98.6 cm³/mol. The number of aryl methyl sites for hydroxylation is 1. The lowest BCUT2D eigenvalue weighted by Crippen LogP contribution is -2.30. The van der Waals surface area contributed by atoms with Gasteiger partial charge in [-0.25, -0.2) is 4.98 Å². The van der Waals surface area contributed by atoms with Crippen LogP contribution in [0.3, 0.4) is 0 Å². The van der Waals surface area contributed by atoms with Gasteiger partial charge in [0.15, 0.2) is 5.69 Å². The molecule has 3 aromatic rings. The molecule has 0 aliphatic rings. The molecule has 0 aliphatic heterocycles. The molecule has 2 aromatic carbocycles. The predicted octanol–water partition coefficient (Wildman–Crippen LogP) is 5.14. The number of carbonyl (C=O) groups excluding carboxylic acids is 1. The van der Waals surface area contributed by atoms with Gasteiger partial charge in [-0.15, -0.1) is 0 Å². The van der Waals surface area contributed by atoms with E-state index in [0.29, 0.717) is 22.4 Å². The number of rotatable bonds is 4. The van der Waals surface area contributed by atoms with Crippen molar-refractivity contribution in [1.29, 1.82) is 0 Å². The largest absolute Gasteiger partial charge is 0.441 e. The van der Waals surface area contributed by atoms with Crippen LogP contribution >= 0.6 is 11.6 Å². The summed E-state index contributed by atoms with van der Waals surface area (Å²) in [7, 11) is 1.74. The van der Waals surface area contributed by atoms with Gasteiger partial charge in [-0.3, -0.25) is 4.79 Å². The average Bonchev–Trinajstić information content (AvgIpc) is 3.03. The van der Waals surface area contributed by atoms with Crippen molar-refractivity contribution in [1.82, 2.24) is 9.88 Å². The number of benzene rings is 2. The Labute approximate surface area is 152 Å². The van der Waals surface area contributed by atoms with Crippen LogP contribution in [0.4, 0.5) is 0 Å². The summed E-state index contributed by atoms with van der Waals surface area (Å²) in [5.74, 6) is 0.748. The van der Waals surface area contributed by atoms with E-state index >= 15 is 0 Å². The molecule has 0 fully saturated rings. The Kier molecular flexibility index (Phi) is 4.91. The molecule has 0 spiro atoms. The monoisotopic (exact) mass is 354 g/mol. The molecule has 1 atom stereocenters. The van der Waals surface area contributed by atoms with E-state index in [1.807, 2.05) is 61.5 Å². The lowest BCUT2D eigenvalue weighted by molar-refractivity contribution is 0.0735. The van der Waals surface area contributed by atoms with Gasteiger partial charge >= 0.3 is 0 Å². The molecule has 0 saturated heterocycles. The molecule has 0 radical (unpaired) electrons. The Morgan fingerprint density at radius 1 is 1.12 bits per heavy atom. The second kappa shape index (κ2) is 7.11. The van der Waals surface area contributed by atoms with E-state index in [1.54, 1.807) is 18.9 Å². The molecule has 3 rings (SSSR count). The van der Waals surface area contributed by atoms with Gasteiger partial charge in [0.1, 0.15) is 5.76 Å². The third-order valence-corrected chi connectivity index (χ3v) is 4.62. The standard InChI is InChI=1S/C20H19ClN2O2/c1-13(16-11-7-8-12-17(16)21)23(3)20(24)18-14(2)25-19(22-18)15-9-5-4-6-10-15/h4-13H,1-3H3. The lowest BCUT2D eigenvalue weighted by Gasteiger charge is -2.25. The topological polar surface area (TPSA) is 46.3 Å². The minimum Gasteiger partial charge on any atom is -0.441 e. The van der Waals surface area contributed by atoms with E-state index in [4.69, 9.17) is 16.0 Å². The number of halogens is 1. The maximum absolute atomic E-state index is 12.9. The van der Waals surface area contributed by atoms with Crippen LogP contribution in [0.2, 0.25) is 5.02 Å². The summed E-state index contributed by atoms with van der Waals surface area (Å²) in [6, 6.07) is 16.9. The van der Waals surface area contributed by atoms with Gasteiger partial charge in [0, 0.05) is 17.6 Å². The molecule has 1 amide bonds. The number of carbonyl (C=O) groups is 1. The number of hydrogen-bond donors (Lipinski definition) is 0. The van der Waals surface area contributed by atoms with Crippen LogP contribution < -0.4 is 0 Å². The Bertz CT molecular complexity index is 890. The fourth-order valence-electron chi connectivity index (χ4n) is 2.66. The SMILES string of the molecule is Cc1oc(-c2ccccc2)nc1C(=O)N(C)C(C)c1ccccc1Cl. The summed E-state index contributed by atoms with van der Waals surface area (Å²) in [5, 5.41) is 0.636. The Morgan fingerprint density at radius 2 is 1.76 bits per heavy atom. The summed E-state index contributed by atoms with van der Waals surface area (Å²) in [4.78, 5) is 18.9. The highest BCUT2D eigenvalue weighted by Gasteiger charge is 2.25. The first-order chi connectivity index (χ1) is 12.0. The van der Waals surface area contributed by atoms with Crippen LogP contribution in [0.1, 0.15) is 34.8 Å². The minimum absolute atomic E-state index is 0.183. The van der Waals surface area contributed by atoms with Gasteiger partial charge in [0.05, 0.1) is 6.04 Å². The van der Waals surface area contributed by atoms with Crippen molar-refractivity contribution in [3.8, 4) is 11.5 Å². The van der Waals surface area contributed by atoms with Crippen molar-refractivity contribution in [3.05, 3.63) is 76.6 Å². The summed E-state index contributed by atoms with van der Waals surface area (Å²) in [5.41, 5.74) is 2.05. The molecule has 25 heavy (non-hydrogen) atoms. The van der Waals surface area contributed by atoms with Gasteiger partial charge in [0.25, 0.3) is 5.91 Å². The molecule has 1 unspecified atom stereocenters. The summed E-state index contributed by atoms with van der Waals surface area (Å²) < 4.78 is 5.70. The third-order valence-electron chi connectivity index (χ3n) is 4.28. The van der Waals surface area contributed by atoms with Crippen molar-refractivity contribution in [3.63, 3.8) is 0 Å². The van der Waals surface area contributed by atoms with Crippen LogP contribution in [-0.2, 0) is 0 Å². The Balaban J connectivity index is 1.88. The van der Waals surface area contributed by atoms with Crippen molar-refractivity contribution in [2.45, 2.75) is 19.9 Å².